The third kappa shape index (κ3) is 4.45. The number of rotatable bonds is 3. The van der Waals surface area contributed by atoms with Crippen LogP contribution in [0.1, 0.15) is 13.8 Å². The summed E-state index contributed by atoms with van der Waals surface area (Å²) in [5.41, 5.74) is -0.162. The second kappa shape index (κ2) is 6.43. The van der Waals surface area contributed by atoms with Gasteiger partial charge in [0.05, 0.1) is 9.98 Å². The van der Waals surface area contributed by atoms with Crippen LogP contribution in [-0.2, 0) is 9.59 Å². The van der Waals surface area contributed by atoms with E-state index in [1.54, 1.807) is 0 Å². The first kappa shape index (κ1) is 15.3. The number of carboxylic acids is 1. The quantitative estimate of drug-likeness (QED) is 0.724. The van der Waals surface area contributed by atoms with Crippen molar-refractivity contribution in [2.45, 2.75) is 13.8 Å². The molecule has 3 N–H and O–H groups in total. The first-order chi connectivity index (χ1) is 8.81. The summed E-state index contributed by atoms with van der Waals surface area (Å²) in [6.07, 6.45) is 1.50. The van der Waals surface area contributed by atoms with Crippen LogP contribution < -0.4 is 10.6 Å². The van der Waals surface area contributed by atoms with E-state index in [2.05, 4.69) is 26.2 Å². The molecule has 0 radical (unpaired) electrons. The van der Waals surface area contributed by atoms with E-state index in [-0.39, 0.29) is 11.1 Å². The minimum atomic E-state index is -1.21. The Morgan fingerprint density at radius 1 is 1.32 bits per heavy atom. The molecule has 102 valence electrons. The lowest BCUT2D eigenvalue weighted by Gasteiger charge is -2.05. The van der Waals surface area contributed by atoms with Gasteiger partial charge >= 0.3 is 12.0 Å². The van der Waals surface area contributed by atoms with Crippen molar-refractivity contribution in [1.82, 2.24) is 10.3 Å². The second-order valence-electron chi connectivity index (χ2n) is 3.43. The summed E-state index contributed by atoms with van der Waals surface area (Å²) in [5, 5.41) is 13.4. The predicted molar refractivity (Wildman–Crippen MR) is 73.0 cm³/mol. The molecule has 1 aromatic rings. The molecule has 0 aromatic carbocycles. The van der Waals surface area contributed by atoms with Crippen LogP contribution in [0.2, 0.25) is 0 Å². The lowest BCUT2D eigenvalue weighted by Crippen LogP contribution is -2.35. The van der Waals surface area contributed by atoms with Crippen LogP contribution in [0.5, 0.6) is 0 Å². The molecule has 0 unspecified atom stereocenters. The molecule has 0 aliphatic rings. The summed E-state index contributed by atoms with van der Waals surface area (Å²) in [7, 11) is 0. The number of aliphatic carboxylic acids is 1. The van der Waals surface area contributed by atoms with Gasteiger partial charge in [-0.3, -0.25) is 15.4 Å². The zero-order valence-electron chi connectivity index (χ0n) is 9.98. The summed E-state index contributed by atoms with van der Waals surface area (Å²) in [5.74, 6) is -1.98. The van der Waals surface area contributed by atoms with E-state index < -0.39 is 17.9 Å². The highest BCUT2D eigenvalue weighted by Crippen LogP contribution is 2.22. The number of hydrogen-bond acceptors (Lipinski definition) is 5. The summed E-state index contributed by atoms with van der Waals surface area (Å²) in [6.45, 7) is 2.61. The smallest absolute Gasteiger partial charge is 0.331 e. The van der Waals surface area contributed by atoms with Crippen LogP contribution in [0.4, 0.5) is 9.93 Å². The number of nitrogens with zero attached hydrogens (tertiary/aromatic N) is 1. The zero-order chi connectivity index (χ0) is 14.6. The molecule has 0 aliphatic heterocycles. The fourth-order valence-corrected chi connectivity index (χ4v) is 2.07. The van der Waals surface area contributed by atoms with Gasteiger partial charge in [0.2, 0.25) is 0 Å². The summed E-state index contributed by atoms with van der Waals surface area (Å²) >= 11 is 4.35. The van der Waals surface area contributed by atoms with Crippen LogP contribution >= 0.6 is 27.3 Å². The monoisotopic (exact) mass is 347 g/mol. The third-order valence-electron chi connectivity index (χ3n) is 2.15. The third-order valence-corrected chi connectivity index (χ3v) is 3.54. The van der Waals surface area contributed by atoms with Crippen LogP contribution in [0.25, 0.3) is 0 Å². The molecule has 1 rings (SSSR count). The topological polar surface area (TPSA) is 108 Å². The van der Waals surface area contributed by atoms with Gasteiger partial charge < -0.3 is 5.11 Å². The zero-order valence-corrected chi connectivity index (χ0v) is 12.4. The Kier molecular flexibility index (Phi) is 5.19. The number of carboxylic acid groups (broad SMARTS) is 1. The molecule has 3 amide bonds. The Balaban J connectivity index is 2.65. The normalized spacial score (nSPS) is 11.5. The highest BCUT2D eigenvalue weighted by molar-refractivity contribution is 9.11. The van der Waals surface area contributed by atoms with Crippen molar-refractivity contribution < 1.29 is 19.5 Å². The minimum absolute atomic E-state index is 0.0389. The van der Waals surface area contributed by atoms with Crippen molar-refractivity contribution in [3.8, 4) is 0 Å². The van der Waals surface area contributed by atoms with Crippen LogP contribution in [0.3, 0.4) is 0 Å². The van der Waals surface area contributed by atoms with Crippen molar-refractivity contribution in [3.05, 3.63) is 21.1 Å². The van der Waals surface area contributed by atoms with Gasteiger partial charge in [-0.2, -0.15) is 0 Å². The van der Waals surface area contributed by atoms with Crippen molar-refractivity contribution in [1.29, 1.82) is 0 Å². The van der Waals surface area contributed by atoms with E-state index >= 15 is 0 Å². The van der Waals surface area contributed by atoms with E-state index in [1.807, 2.05) is 5.32 Å². The lowest BCUT2D eigenvalue weighted by molar-refractivity contribution is -0.133. The molecule has 0 aliphatic carbocycles. The van der Waals surface area contributed by atoms with Gasteiger partial charge in [0.15, 0.2) is 5.13 Å². The molecule has 1 heterocycles. The second-order valence-corrected chi connectivity index (χ2v) is 5.84. The Bertz CT molecular complexity index is 567. The number of carbonyl (C=O) groups excluding carboxylic acids is 2. The van der Waals surface area contributed by atoms with E-state index in [9.17, 15) is 14.4 Å². The van der Waals surface area contributed by atoms with Gasteiger partial charge in [0.25, 0.3) is 5.91 Å². The van der Waals surface area contributed by atoms with Crippen LogP contribution in [0, 0.1) is 0 Å². The molecule has 9 heteroatoms. The lowest BCUT2D eigenvalue weighted by atomic mass is 10.1. The first-order valence-electron chi connectivity index (χ1n) is 4.95. The molecular weight excluding hydrogens is 338 g/mol. The first-order valence-corrected chi connectivity index (χ1v) is 6.56. The molecule has 1 aromatic heterocycles. The summed E-state index contributed by atoms with van der Waals surface area (Å²) in [4.78, 5) is 37.6. The van der Waals surface area contributed by atoms with E-state index in [0.29, 0.717) is 5.13 Å². The molecule has 0 spiro atoms. The molecule has 0 saturated heterocycles. The number of urea groups is 1. The fourth-order valence-electron chi connectivity index (χ4n) is 0.968. The van der Waals surface area contributed by atoms with Crippen LogP contribution in [0.15, 0.2) is 21.1 Å². The van der Waals surface area contributed by atoms with Gasteiger partial charge in [-0.25, -0.2) is 14.6 Å². The maximum Gasteiger partial charge on any atom is 0.331 e. The van der Waals surface area contributed by atoms with E-state index in [4.69, 9.17) is 5.11 Å². The summed E-state index contributed by atoms with van der Waals surface area (Å²) in [6, 6.07) is -0.774. The molecule has 0 atom stereocenters. The van der Waals surface area contributed by atoms with Gasteiger partial charge in [-0.1, -0.05) is 11.3 Å². The average molecular weight is 348 g/mol. The molecule has 19 heavy (non-hydrogen) atoms. The number of nitrogens with one attached hydrogen (secondary N) is 2. The maximum absolute atomic E-state index is 11.6. The standard InChI is InChI=1S/C10H10BrN3O4S/c1-4(5(2)8(16)17)7(15)13-9(18)14-10-12-3-6(11)19-10/h3H,1-2H3,(H,16,17)(H2,12,13,14,15,18). The van der Waals surface area contributed by atoms with Gasteiger partial charge in [0.1, 0.15) is 0 Å². The molecular formula is C10H10BrN3O4S. The van der Waals surface area contributed by atoms with Gasteiger partial charge in [0, 0.05) is 11.1 Å². The highest BCUT2D eigenvalue weighted by Gasteiger charge is 2.15. The number of amides is 3. The van der Waals surface area contributed by atoms with Gasteiger partial charge in [-0.05, 0) is 29.8 Å². The largest absolute Gasteiger partial charge is 0.478 e. The molecule has 0 saturated carbocycles. The average Bonchev–Trinajstić information content (AvgIpc) is 2.72. The number of imide groups is 1. The Morgan fingerprint density at radius 3 is 2.42 bits per heavy atom. The van der Waals surface area contributed by atoms with Crippen molar-refractivity contribution in [2.24, 2.45) is 0 Å². The number of hydrogen-bond donors (Lipinski definition) is 3. The number of anilines is 1. The van der Waals surface area contributed by atoms with Crippen LogP contribution in [-0.4, -0.2) is 28.0 Å². The minimum Gasteiger partial charge on any atom is -0.478 e. The predicted octanol–water partition coefficient (Wildman–Crippen LogP) is 1.97. The SMILES string of the molecule is CC(C(=O)O)=C(C)C(=O)NC(=O)Nc1ncc(Br)s1. The van der Waals surface area contributed by atoms with E-state index in [0.717, 1.165) is 3.79 Å². The Morgan fingerprint density at radius 2 is 1.95 bits per heavy atom. The number of thiazole rings is 1. The Labute approximate surface area is 120 Å². The molecule has 0 bridgehead atoms. The van der Waals surface area contributed by atoms with Crippen molar-refractivity contribution >= 4 is 50.3 Å². The maximum atomic E-state index is 11.6. The Hall–Kier alpha value is -1.74. The summed E-state index contributed by atoms with van der Waals surface area (Å²) < 4.78 is 0.729. The van der Waals surface area contributed by atoms with E-state index in [1.165, 1.54) is 31.4 Å². The molecule has 7 nitrogen and oxygen atoms in total. The van der Waals surface area contributed by atoms with Crippen molar-refractivity contribution in [3.63, 3.8) is 0 Å². The van der Waals surface area contributed by atoms with Crippen molar-refractivity contribution in [2.75, 3.05) is 5.32 Å². The van der Waals surface area contributed by atoms with Gasteiger partial charge in [-0.15, -0.1) is 0 Å². The number of halogens is 1. The highest BCUT2D eigenvalue weighted by atomic mass is 79.9. The number of carbonyl (C=O) groups is 3. The number of aromatic nitrogens is 1. The fraction of sp³-hybridized carbons (Fsp3) is 0.200. The molecule has 0 fully saturated rings.